The van der Waals surface area contributed by atoms with Crippen LogP contribution < -0.4 is 10.1 Å². The van der Waals surface area contributed by atoms with Crippen molar-refractivity contribution in [2.45, 2.75) is 44.3 Å². The maximum absolute atomic E-state index is 12.7. The number of aryl methyl sites for hydroxylation is 2. The van der Waals surface area contributed by atoms with Crippen molar-refractivity contribution in [2.24, 2.45) is 0 Å². The van der Waals surface area contributed by atoms with Crippen molar-refractivity contribution in [1.29, 1.82) is 0 Å². The van der Waals surface area contributed by atoms with Gasteiger partial charge in [-0.25, -0.2) is 0 Å². The highest BCUT2D eigenvalue weighted by atomic mass is 32.2. The van der Waals surface area contributed by atoms with Gasteiger partial charge in [0, 0.05) is 46.3 Å². The third-order valence-electron chi connectivity index (χ3n) is 4.96. The Morgan fingerprint density at radius 3 is 2.50 bits per heavy atom. The van der Waals surface area contributed by atoms with Crippen LogP contribution in [0.15, 0.2) is 36.4 Å². The van der Waals surface area contributed by atoms with Gasteiger partial charge >= 0.3 is 6.61 Å². The summed E-state index contributed by atoms with van der Waals surface area (Å²) >= 11 is 0. The monoisotopic (exact) mass is 437 g/mol. The molecule has 1 unspecified atom stereocenters. The highest BCUT2D eigenvalue weighted by Crippen LogP contribution is 2.27. The van der Waals surface area contributed by atoms with E-state index in [4.69, 9.17) is 4.74 Å². The van der Waals surface area contributed by atoms with Crippen LogP contribution in [0.3, 0.4) is 0 Å². The zero-order chi connectivity index (χ0) is 21.7. The average Bonchev–Trinajstić information content (AvgIpc) is 2.71. The number of hydrogen-bond acceptors (Lipinski definition) is 4. The fourth-order valence-corrected chi connectivity index (χ4v) is 4.98. The van der Waals surface area contributed by atoms with Gasteiger partial charge in [0.25, 0.3) is 5.91 Å². The number of amides is 1. The quantitative estimate of drug-likeness (QED) is 0.688. The third-order valence-corrected chi connectivity index (χ3v) is 6.80. The van der Waals surface area contributed by atoms with Crippen molar-refractivity contribution < 1.29 is 27.3 Å². The number of hydrogen-bond donors (Lipinski definition) is 1. The van der Waals surface area contributed by atoms with Gasteiger partial charge in [-0.1, -0.05) is 12.1 Å². The molecule has 2 aromatic rings. The van der Waals surface area contributed by atoms with Crippen LogP contribution in [0.2, 0.25) is 0 Å². The highest BCUT2D eigenvalue weighted by Gasteiger charge is 2.20. The predicted molar refractivity (Wildman–Crippen MR) is 113 cm³/mol. The van der Waals surface area contributed by atoms with Gasteiger partial charge in [0.1, 0.15) is 5.75 Å². The van der Waals surface area contributed by atoms with E-state index in [-0.39, 0.29) is 16.9 Å². The second-order valence-electron chi connectivity index (χ2n) is 7.31. The van der Waals surface area contributed by atoms with Crippen LogP contribution in [0.5, 0.6) is 5.75 Å². The van der Waals surface area contributed by atoms with E-state index in [2.05, 4.69) is 10.1 Å². The van der Waals surface area contributed by atoms with Crippen molar-refractivity contribution >= 4 is 22.4 Å². The number of anilines is 1. The molecule has 2 aromatic carbocycles. The molecular formula is C22H25F2NO4S. The summed E-state index contributed by atoms with van der Waals surface area (Å²) in [6, 6.07) is 10.3. The molecule has 1 saturated heterocycles. The Bertz CT molecular complexity index is 906. The summed E-state index contributed by atoms with van der Waals surface area (Å²) in [6.07, 6.45) is 1.60. The Morgan fingerprint density at radius 2 is 1.87 bits per heavy atom. The van der Waals surface area contributed by atoms with Gasteiger partial charge in [0.2, 0.25) is 0 Å². The predicted octanol–water partition coefficient (Wildman–Crippen LogP) is 4.58. The Labute approximate surface area is 177 Å². The van der Waals surface area contributed by atoms with Crippen LogP contribution in [0.25, 0.3) is 0 Å². The maximum atomic E-state index is 12.7. The van der Waals surface area contributed by atoms with E-state index in [1.165, 1.54) is 12.1 Å². The number of alkyl halides is 2. The van der Waals surface area contributed by atoms with Gasteiger partial charge < -0.3 is 14.8 Å². The van der Waals surface area contributed by atoms with Gasteiger partial charge in [0.05, 0.1) is 0 Å². The number of nitrogens with one attached hydrogen (secondary N) is 1. The van der Waals surface area contributed by atoms with Gasteiger partial charge in [-0.2, -0.15) is 8.78 Å². The van der Waals surface area contributed by atoms with Crippen molar-refractivity contribution in [3.63, 3.8) is 0 Å². The molecule has 5 nitrogen and oxygen atoms in total. The first kappa shape index (κ1) is 22.4. The van der Waals surface area contributed by atoms with Gasteiger partial charge in [-0.15, -0.1) is 0 Å². The molecule has 0 saturated carbocycles. The Morgan fingerprint density at radius 1 is 1.20 bits per heavy atom. The van der Waals surface area contributed by atoms with Crippen molar-refractivity contribution in [3.8, 4) is 5.75 Å². The molecule has 0 aromatic heterocycles. The summed E-state index contributed by atoms with van der Waals surface area (Å²) in [4.78, 5) is 12.7. The zero-order valence-electron chi connectivity index (χ0n) is 17.0. The van der Waals surface area contributed by atoms with Crippen LogP contribution in [0.1, 0.15) is 39.9 Å². The molecule has 30 heavy (non-hydrogen) atoms. The fourth-order valence-electron chi connectivity index (χ4n) is 3.52. The van der Waals surface area contributed by atoms with E-state index in [0.29, 0.717) is 41.3 Å². The molecule has 0 radical (unpaired) electrons. The number of halogens is 2. The second kappa shape index (κ2) is 10.1. The minimum absolute atomic E-state index is 0.0825. The zero-order valence-corrected chi connectivity index (χ0v) is 17.8. The molecule has 1 fully saturated rings. The van der Waals surface area contributed by atoms with E-state index in [1.807, 2.05) is 18.2 Å². The van der Waals surface area contributed by atoms with Crippen LogP contribution in [-0.2, 0) is 21.3 Å². The van der Waals surface area contributed by atoms with Gasteiger partial charge in [-0.05, 0) is 67.6 Å². The molecule has 1 N–H and O–H groups in total. The number of carbonyl (C=O) groups is 1. The van der Waals surface area contributed by atoms with Crippen molar-refractivity contribution in [3.05, 3.63) is 58.7 Å². The molecule has 1 aliphatic rings. The van der Waals surface area contributed by atoms with Gasteiger partial charge in [0.15, 0.2) is 0 Å². The number of benzene rings is 2. The summed E-state index contributed by atoms with van der Waals surface area (Å²) in [5.74, 6) is 0.151. The largest absolute Gasteiger partial charge is 0.434 e. The van der Waals surface area contributed by atoms with Gasteiger partial charge in [-0.3, -0.25) is 9.00 Å². The molecule has 162 valence electrons. The Balaban J connectivity index is 1.68. The fraction of sp³-hybridized carbons (Fsp3) is 0.409. The first-order valence-electron chi connectivity index (χ1n) is 9.74. The molecule has 0 bridgehead atoms. The standard InChI is InChI=1S/C22H25F2NO4S/c1-14-10-17(11-15(2)20(14)29-22(23)24)21(26)25-18-5-3-4-16(12-18)13-30(27)19-6-8-28-9-7-19/h3-5,10-12,19,22H,6-9,13H2,1-2H3,(H,25,26). The Hall–Kier alpha value is -2.32. The normalized spacial score (nSPS) is 15.8. The first-order valence-corrected chi connectivity index (χ1v) is 11.1. The van der Waals surface area contributed by atoms with Crippen molar-refractivity contribution in [2.75, 3.05) is 18.5 Å². The summed E-state index contributed by atoms with van der Waals surface area (Å²) < 4.78 is 47.5. The van der Waals surface area contributed by atoms with E-state index in [0.717, 1.165) is 18.4 Å². The molecule has 1 heterocycles. The molecule has 1 atom stereocenters. The lowest BCUT2D eigenvalue weighted by Crippen LogP contribution is -2.25. The molecule has 1 aliphatic heterocycles. The summed E-state index contributed by atoms with van der Waals surface area (Å²) in [5.41, 5.74) is 2.74. The molecule has 3 rings (SSSR count). The average molecular weight is 438 g/mol. The van der Waals surface area contributed by atoms with Crippen LogP contribution in [0.4, 0.5) is 14.5 Å². The summed E-state index contributed by atoms with van der Waals surface area (Å²) in [6.45, 7) is 1.61. The van der Waals surface area contributed by atoms with E-state index in [1.54, 1.807) is 19.9 Å². The molecular weight excluding hydrogens is 412 g/mol. The number of ether oxygens (including phenoxy) is 2. The SMILES string of the molecule is Cc1cc(C(=O)Nc2cccc(CS(=O)C3CCOCC3)c2)cc(C)c1OC(F)F. The smallest absolute Gasteiger partial charge is 0.387 e. The summed E-state index contributed by atoms with van der Waals surface area (Å²) in [7, 11) is -0.996. The van der Waals surface area contributed by atoms with Crippen LogP contribution in [0, 0.1) is 13.8 Å². The molecule has 0 spiro atoms. The third kappa shape index (κ3) is 5.86. The highest BCUT2D eigenvalue weighted by molar-refractivity contribution is 7.84. The molecule has 0 aliphatic carbocycles. The Kier molecular flexibility index (Phi) is 7.55. The number of rotatable bonds is 7. The second-order valence-corrected chi connectivity index (χ2v) is 9.03. The lowest BCUT2D eigenvalue weighted by atomic mass is 10.0. The maximum Gasteiger partial charge on any atom is 0.387 e. The van der Waals surface area contributed by atoms with E-state index in [9.17, 15) is 17.8 Å². The lowest BCUT2D eigenvalue weighted by Gasteiger charge is -2.21. The molecule has 1 amide bonds. The van der Waals surface area contributed by atoms with Crippen LogP contribution in [-0.4, -0.2) is 35.2 Å². The minimum Gasteiger partial charge on any atom is -0.434 e. The molecule has 8 heteroatoms. The van der Waals surface area contributed by atoms with Crippen molar-refractivity contribution in [1.82, 2.24) is 0 Å². The first-order chi connectivity index (χ1) is 14.3. The van der Waals surface area contributed by atoms with Crippen LogP contribution >= 0.6 is 0 Å². The van der Waals surface area contributed by atoms with E-state index >= 15 is 0 Å². The lowest BCUT2D eigenvalue weighted by molar-refractivity contribution is -0.0507. The minimum atomic E-state index is -2.92. The van der Waals surface area contributed by atoms with E-state index < -0.39 is 17.4 Å². The number of carbonyl (C=O) groups excluding carboxylic acids is 1. The topological polar surface area (TPSA) is 64.6 Å². The summed E-state index contributed by atoms with van der Waals surface area (Å²) in [5, 5.41) is 2.96.